The Labute approximate surface area is 84.8 Å². The molecule has 0 saturated carbocycles. The van der Waals surface area contributed by atoms with Crippen molar-refractivity contribution in [3.63, 3.8) is 0 Å². The van der Waals surface area contributed by atoms with Gasteiger partial charge in [0, 0.05) is 19.2 Å². The number of rotatable bonds is 1. The largest absolute Gasteiger partial charge is 0.448 e. The van der Waals surface area contributed by atoms with Gasteiger partial charge < -0.3 is 4.42 Å². The van der Waals surface area contributed by atoms with Crippen molar-refractivity contribution in [2.24, 2.45) is 0 Å². The number of carbonyl (C=O) groups is 2. The minimum absolute atomic E-state index is 0.294. The van der Waals surface area contributed by atoms with Gasteiger partial charge in [-0.25, -0.2) is 9.69 Å². The molecule has 2 heterocycles. The fraction of sp³-hybridized carbons (Fsp3) is 0.250. The van der Waals surface area contributed by atoms with E-state index in [1.807, 2.05) is 0 Å². The van der Waals surface area contributed by atoms with Crippen molar-refractivity contribution in [1.29, 1.82) is 0 Å². The predicted octanol–water partition coefficient (Wildman–Crippen LogP) is 1.88. The lowest BCUT2D eigenvalue weighted by Gasteiger charge is -2.12. The van der Waals surface area contributed by atoms with Crippen LogP contribution in [0.3, 0.4) is 0 Å². The highest BCUT2D eigenvalue weighted by Crippen LogP contribution is 2.21. The number of amides is 3. The van der Waals surface area contributed by atoms with Crippen LogP contribution in [0.5, 0.6) is 0 Å². The second-order valence-corrected chi connectivity index (χ2v) is 3.11. The molecule has 14 heavy (non-hydrogen) atoms. The molecule has 1 aliphatic rings. The van der Waals surface area contributed by atoms with Gasteiger partial charge in [-0.05, 0) is 17.7 Å². The van der Waals surface area contributed by atoms with Crippen LogP contribution < -0.4 is 4.90 Å². The number of carbonyl (C=O) groups excluding carboxylic acids is 2. The normalized spacial score (nSPS) is 16.5. The molecule has 0 aromatic carbocycles. The Balaban J connectivity index is 2.19. The first-order chi connectivity index (χ1) is 6.70. The highest BCUT2D eigenvalue weighted by Gasteiger charge is 2.34. The lowest BCUT2D eigenvalue weighted by atomic mass is 10.5. The van der Waals surface area contributed by atoms with Crippen molar-refractivity contribution >= 4 is 28.9 Å². The van der Waals surface area contributed by atoms with Crippen LogP contribution in [-0.4, -0.2) is 29.4 Å². The summed E-state index contributed by atoms with van der Waals surface area (Å²) >= 11 is 5.21. The molecular weight excluding hydrogens is 208 g/mol. The first-order valence-corrected chi connectivity index (χ1v) is 4.40. The number of furan rings is 1. The monoisotopic (exact) mass is 214 g/mol. The number of hydrogen-bond acceptors (Lipinski definition) is 3. The summed E-state index contributed by atoms with van der Waals surface area (Å²) in [5, 5.41) is -0.760. The van der Waals surface area contributed by atoms with Crippen molar-refractivity contribution in [2.75, 3.05) is 18.0 Å². The summed E-state index contributed by atoms with van der Waals surface area (Å²) in [6.07, 6.45) is 1.47. The van der Waals surface area contributed by atoms with Crippen molar-refractivity contribution in [3.8, 4) is 0 Å². The quantitative estimate of drug-likeness (QED) is 0.530. The lowest BCUT2D eigenvalue weighted by molar-refractivity contribution is 0.214. The minimum atomic E-state index is -0.760. The molecule has 0 spiro atoms. The van der Waals surface area contributed by atoms with E-state index >= 15 is 0 Å². The molecule has 0 radical (unpaired) electrons. The van der Waals surface area contributed by atoms with Crippen LogP contribution in [0.25, 0.3) is 0 Å². The zero-order chi connectivity index (χ0) is 10.1. The molecule has 0 aliphatic carbocycles. The molecule has 0 N–H and O–H groups in total. The van der Waals surface area contributed by atoms with Crippen LogP contribution in [-0.2, 0) is 0 Å². The minimum Gasteiger partial charge on any atom is -0.448 e. The third-order valence-electron chi connectivity index (χ3n) is 1.99. The molecule has 1 aliphatic heterocycles. The summed E-state index contributed by atoms with van der Waals surface area (Å²) in [4.78, 5) is 24.6. The van der Waals surface area contributed by atoms with Crippen molar-refractivity contribution in [2.45, 2.75) is 0 Å². The van der Waals surface area contributed by atoms with Gasteiger partial charge in [-0.15, -0.1) is 0 Å². The van der Waals surface area contributed by atoms with Crippen molar-refractivity contribution in [3.05, 3.63) is 18.4 Å². The number of anilines is 1. The maximum absolute atomic E-state index is 11.5. The molecule has 1 fully saturated rings. The highest BCUT2D eigenvalue weighted by molar-refractivity contribution is 6.64. The molecule has 1 aromatic heterocycles. The van der Waals surface area contributed by atoms with Gasteiger partial charge in [-0.3, -0.25) is 9.69 Å². The average molecular weight is 215 g/mol. The van der Waals surface area contributed by atoms with Crippen LogP contribution in [0.15, 0.2) is 22.8 Å². The summed E-state index contributed by atoms with van der Waals surface area (Å²) in [5.74, 6) is 0.426. The summed E-state index contributed by atoms with van der Waals surface area (Å²) in [5.41, 5.74) is 0. The van der Waals surface area contributed by atoms with Crippen LogP contribution in [0.2, 0.25) is 0 Å². The first-order valence-electron chi connectivity index (χ1n) is 4.02. The highest BCUT2D eigenvalue weighted by atomic mass is 35.5. The summed E-state index contributed by atoms with van der Waals surface area (Å²) in [6.45, 7) is 0.701. The maximum atomic E-state index is 11.5. The molecule has 2 rings (SSSR count). The third-order valence-corrected chi connectivity index (χ3v) is 2.20. The Hall–Kier alpha value is -1.49. The van der Waals surface area contributed by atoms with Crippen LogP contribution in [0, 0.1) is 0 Å². The first kappa shape index (κ1) is 9.08. The molecule has 1 saturated heterocycles. The maximum Gasteiger partial charge on any atom is 0.334 e. The van der Waals surface area contributed by atoms with Gasteiger partial charge >= 0.3 is 11.4 Å². The smallest absolute Gasteiger partial charge is 0.334 e. The van der Waals surface area contributed by atoms with E-state index in [1.165, 1.54) is 11.2 Å². The number of urea groups is 1. The molecular formula is C8H7ClN2O3. The Kier molecular flexibility index (Phi) is 2.17. The number of hydrogen-bond donors (Lipinski definition) is 0. The van der Waals surface area contributed by atoms with Crippen LogP contribution in [0.4, 0.5) is 15.5 Å². The van der Waals surface area contributed by atoms with Gasteiger partial charge in [0.25, 0.3) is 0 Å². The molecule has 0 bridgehead atoms. The van der Waals surface area contributed by atoms with E-state index in [2.05, 4.69) is 0 Å². The topological polar surface area (TPSA) is 53.8 Å². The third kappa shape index (κ3) is 1.35. The van der Waals surface area contributed by atoms with Gasteiger partial charge in [-0.1, -0.05) is 0 Å². The van der Waals surface area contributed by atoms with E-state index in [-0.39, 0.29) is 0 Å². The fourth-order valence-corrected chi connectivity index (χ4v) is 1.48. The summed E-state index contributed by atoms with van der Waals surface area (Å²) < 4.78 is 5.04. The van der Waals surface area contributed by atoms with E-state index in [4.69, 9.17) is 16.0 Å². The Morgan fingerprint density at radius 2 is 2.29 bits per heavy atom. The number of imide groups is 1. The molecule has 1 aromatic rings. The Morgan fingerprint density at radius 1 is 1.50 bits per heavy atom. The van der Waals surface area contributed by atoms with Crippen molar-refractivity contribution in [1.82, 2.24) is 4.90 Å². The van der Waals surface area contributed by atoms with E-state index in [0.29, 0.717) is 19.0 Å². The van der Waals surface area contributed by atoms with Gasteiger partial charge in [0.2, 0.25) is 5.88 Å². The average Bonchev–Trinajstić information content (AvgIpc) is 2.71. The SMILES string of the molecule is O=C(Cl)N1CCN(c2ccco2)C1=O. The number of halogens is 1. The van der Waals surface area contributed by atoms with Crippen LogP contribution in [0.1, 0.15) is 0 Å². The molecule has 6 heteroatoms. The van der Waals surface area contributed by atoms with E-state index in [9.17, 15) is 9.59 Å². The van der Waals surface area contributed by atoms with Gasteiger partial charge in [0.05, 0.1) is 6.26 Å². The van der Waals surface area contributed by atoms with Crippen LogP contribution >= 0.6 is 11.6 Å². The summed E-state index contributed by atoms with van der Waals surface area (Å²) in [7, 11) is 0. The summed E-state index contributed by atoms with van der Waals surface area (Å²) in [6, 6.07) is 2.88. The predicted molar refractivity (Wildman–Crippen MR) is 49.4 cm³/mol. The number of nitrogens with zero attached hydrogens (tertiary/aromatic N) is 2. The zero-order valence-electron chi connectivity index (χ0n) is 7.14. The molecule has 0 unspecified atom stereocenters. The standard InChI is InChI=1S/C8H7ClN2O3/c9-7(12)11-4-3-10(8(11)13)6-2-1-5-14-6/h1-2,5H,3-4H2. The van der Waals surface area contributed by atoms with E-state index in [1.54, 1.807) is 12.1 Å². The fourth-order valence-electron chi connectivity index (χ4n) is 1.33. The molecule has 74 valence electrons. The second-order valence-electron chi connectivity index (χ2n) is 2.79. The molecule has 5 nitrogen and oxygen atoms in total. The molecule has 0 atom stereocenters. The second kappa shape index (κ2) is 3.34. The Bertz CT molecular complexity index is 363. The van der Waals surface area contributed by atoms with Gasteiger partial charge in [0.1, 0.15) is 0 Å². The van der Waals surface area contributed by atoms with E-state index < -0.39 is 11.4 Å². The zero-order valence-corrected chi connectivity index (χ0v) is 7.90. The lowest BCUT2D eigenvalue weighted by Crippen LogP contribution is -2.33. The van der Waals surface area contributed by atoms with Gasteiger partial charge in [0.15, 0.2) is 0 Å². The Morgan fingerprint density at radius 3 is 2.79 bits per heavy atom. The van der Waals surface area contributed by atoms with Crippen molar-refractivity contribution < 1.29 is 14.0 Å². The van der Waals surface area contributed by atoms with E-state index in [0.717, 1.165) is 4.90 Å². The molecule has 3 amide bonds. The van der Waals surface area contributed by atoms with Gasteiger partial charge in [-0.2, -0.15) is 0 Å².